The van der Waals surface area contributed by atoms with Crippen molar-refractivity contribution in [2.24, 2.45) is 0 Å². The number of pyridine rings is 1. The third kappa shape index (κ3) is 4.21. The van der Waals surface area contributed by atoms with Gasteiger partial charge >= 0.3 is 0 Å². The lowest BCUT2D eigenvalue weighted by Crippen LogP contribution is -2.30. The minimum Gasteiger partial charge on any atom is -0.482 e. The quantitative estimate of drug-likeness (QED) is 0.558. The van der Waals surface area contributed by atoms with Crippen LogP contribution in [0.15, 0.2) is 30.6 Å². The Labute approximate surface area is 183 Å². The van der Waals surface area contributed by atoms with Crippen LogP contribution in [0.5, 0.6) is 5.75 Å². The molecule has 3 heterocycles. The molecule has 158 valence electrons. The number of nitrogens with zero attached hydrogens (tertiary/aromatic N) is 4. The maximum absolute atomic E-state index is 13.9. The van der Waals surface area contributed by atoms with Crippen LogP contribution < -0.4 is 15.8 Å². The van der Waals surface area contributed by atoms with E-state index >= 15 is 0 Å². The van der Waals surface area contributed by atoms with Crippen molar-refractivity contribution >= 4 is 29.0 Å². The number of nitrogens with one attached hydrogen (secondary N) is 1. The number of aromatic nitrogens is 4. The molecular weight excluding hydrogens is 430 g/mol. The summed E-state index contributed by atoms with van der Waals surface area (Å²) in [5.74, 6) is -0.0475. The normalized spacial score (nSPS) is 15.9. The van der Waals surface area contributed by atoms with E-state index < -0.39 is 11.9 Å². The van der Waals surface area contributed by atoms with Gasteiger partial charge in [0.25, 0.3) is 0 Å². The van der Waals surface area contributed by atoms with Crippen molar-refractivity contribution in [3.05, 3.63) is 52.0 Å². The van der Waals surface area contributed by atoms with Gasteiger partial charge in [-0.25, -0.2) is 9.37 Å². The van der Waals surface area contributed by atoms with Gasteiger partial charge in [-0.05, 0) is 51.1 Å². The predicted octanol–water partition coefficient (Wildman–Crippen LogP) is 4.43. The van der Waals surface area contributed by atoms with Crippen LogP contribution in [0.4, 0.5) is 10.2 Å². The molecule has 0 amide bonds. The van der Waals surface area contributed by atoms with Crippen LogP contribution in [0.2, 0.25) is 10.0 Å². The van der Waals surface area contributed by atoms with Crippen LogP contribution in [-0.2, 0) is 0 Å². The average molecular weight is 451 g/mol. The topological polar surface area (TPSA) is 90.9 Å². The van der Waals surface area contributed by atoms with E-state index in [-0.39, 0.29) is 16.9 Å². The first-order chi connectivity index (χ1) is 14.4. The molecular formula is C20H21Cl2FN6O. The molecule has 1 aliphatic heterocycles. The monoisotopic (exact) mass is 450 g/mol. The molecule has 1 atom stereocenters. The van der Waals surface area contributed by atoms with Gasteiger partial charge in [0.05, 0.1) is 17.3 Å². The maximum atomic E-state index is 13.9. The van der Waals surface area contributed by atoms with Crippen molar-refractivity contribution < 1.29 is 9.13 Å². The first-order valence-electron chi connectivity index (χ1n) is 9.62. The van der Waals surface area contributed by atoms with Crippen molar-refractivity contribution in [3.63, 3.8) is 0 Å². The molecule has 0 spiro atoms. The van der Waals surface area contributed by atoms with E-state index in [1.807, 2.05) is 0 Å². The first-order valence-corrected chi connectivity index (χ1v) is 10.4. The van der Waals surface area contributed by atoms with E-state index in [1.165, 1.54) is 12.1 Å². The molecule has 30 heavy (non-hydrogen) atoms. The zero-order chi connectivity index (χ0) is 21.3. The van der Waals surface area contributed by atoms with Gasteiger partial charge in [0.1, 0.15) is 17.6 Å². The minimum atomic E-state index is -0.648. The molecule has 0 bridgehead atoms. The average Bonchev–Trinajstić information content (AvgIpc) is 3.24. The highest BCUT2D eigenvalue weighted by Gasteiger charge is 2.21. The van der Waals surface area contributed by atoms with Gasteiger partial charge in [0, 0.05) is 22.3 Å². The van der Waals surface area contributed by atoms with Crippen LogP contribution >= 0.6 is 23.2 Å². The van der Waals surface area contributed by atoms with E-state index in [2.05, 4.69) is 20.5 Å². The Morgan fingerprint density at radius 3 is 2.80 bits per heavy atom. The summed E-state index contributed by atoms with van der Waals surface area (Å²) in [4.78, 5) is 5.96. The molecule has 0 saturated carbocycles. The smallest absolute Gasteiger partial charge is 0.166 e. The number of rotatable bonds is 5. The highest BCUT2D eigenvalue weighted by molar-refractivity contribution is 6.36. The summed E-state index contributed by atoms with van der Waals surface area (Å²) in [7, 11) is 0. The highest BCUT2D eigenvalue weighted by Crippen LogP contribution is 2.36. The number of hydrogen-bond donors (Lipinski definition) is 2. The maximum Gasteiger partial charge on any atom is 0.166 e. The molecule has 4 rings (SSSR count). The standard InChI is InChI=1S/C20H21Cl2FN6O/c1-11(18-14(21)2-3-15(23)19(18)22)30-17-8-12(9-26-20(17)24)16-10-27-29(28-16)13-4-6-25-7-5-13/h2-3,8-11,13,25H,4-7H2,1H3,(H2,24,26)/t11-/m1/s1. The van der Waals surface area contributed by atoms with Crippen LogP contribution in [0, 0.1) is 5.82 Å². The summed E-state index contributed by atoms with van der Waals surface area (Å²) in [6.07, 6.45) is 4.63. The van der Waals surface area contributed by atoms with Gasteiger partial charge in [0.2, 0.25) is 0 Å². The van der Waals surface area contributed by atoms with Crippen molar-refractivity contribution in [1.82, 2.24) is 25.3 Å². The molecule has 1 saturated heterocycles. The van der Waals surface area contributed by atoms with Crippen molar-refractivity contribution in [2.45, 2.75) is 31.9 Å². The van der Waals surface area contributed by atoms with Crippen LogP contribution in [-0.4, -0.2) is 33.1 Å². The zero-order valence-electron chi connectivity index (χ0n) is 16.3. The molecule has 0 radical (unpaired) electrons. The Morgan fingerprint density at radius 1 is 1.27 bits per heavy atom. The Bertz CT molecular complexity index is 1050. The van der Waals surface area contributed by atoms with Gasteiger partial charge < -0.3 is 15.8 Å². The molecule has 1 fully saturated rings. The number of benzene rings is 1. The number of hydrogen-bond acceptors (Lipinski definition) is 6. The Hall–Kier alpha value is -2.42. The predicted molar refractivity (Wildman–Crippen MR) is 114 cm³/mol. The molecule has 10 heteroatoms. The van der Waals surface area contributed by atoms with Gasteiger partial charge in [-0.1, -0.05) is 23.2 Å². The number of ether oxygens (including phenoxy) is 1. The molecule has 3 aromatic rings. The fraction of sp³-hybridized carbons (Fsp3) is 0.350. The molecule has 0 unspecified atom stereocenters. The first kappa shape index (κ1) is 20.8. The summed E-state index contributed by atoms with van der Waals surface area (Å²) in [5, 5.41) is 12.6. The summed E-state index contributed by atoms with van der Waals surface area (Å²) in [6.45, 7) is 3.62. The third-order valence-corrected chi connectivity index (χ3v) is 5.82. The molecule has 1 aliphatic rings. The lowest BCUT2D eigenvalue weighted by atomic mass is 10.1. The summed E-state index contributed by atoms with van der Waals surface area (Å²) >= 11 is 12.3. The Kier molecular flexibility index (Phi) is 6.08. The number of nitrogens with two attached hydrogens (primary N) is 1. The second kappa shape index (κ2) is 8.75. The molecule has 0 aliphatic carbocycles. The van der Waals surface area contributed by atoms with E-state index in [1.54, 1.807) is 30.2 Å². The fourth-order valence-electron chi connectivity index (χ4n) is 3.48. The number of anilines is 1. The molecule has 1 aromatic carbocycles. The van der Waals surface area contributed by atoms with Gasteiger partial charge in [-0.3, -0.25) is 0 Å². The van der Waals surface area contributed by atoms with Crippen molar-refractivity contribution in [1.29, 1.82) is 0 Å². The van der Waals surface area contributed by atoms with Crippen LogP contribution in [0.25, 0.3) is 11.3 Å². The second-order valence-corrected chi connectivity index (χ2v) is 7.94. The molecule has 7 nitrogen and oxygen atoms in total. The summed E-state index contributed by atoms with van der Waals surface area (Å²) in [6, 6.07) is 4.66. The fourth-order valence-corrected chi connectivity index (χ4v) is 4.15. The number of piperidine rings is 1. The number of halogens is 3. The van der Waals surface area contributed by atoms with Gasteiger partial charge in [-0.15, -0.1) is 0 Å². The minimum absolute atomic E-state index is 0.0809. The largest absolute Gasteiger partial charge is 0.482 e. The van der Waals surface area contributed by atoms with E-state index in [4.69, 9.17) is 33.7 Å². The highest BCUT2D eigenvalue weighted by atomic mass is 35.5. The van der Waals surface area contributed by atoms with E-state index in [0.717, 1.165) is 25.9 Å². The van der Waals surface area contributed by atoms with Gasteiger partial charge in [-0.2, -0.15) is 15.0 Å². The van der Waals surface area contributed by atoms with Gasteiger partial charge in [0.15, 0.2) is 11.6 Å². The summed E-state index contributed by atoms with van der Waals surface area (Å²) < 4.78 is 19.8. The van der Waals surface area contributed by atoms with E-state index in [9.17, 15) is 4.39 Å². The van der Waals surface area contributed by atoms with Crippen LogP contribution in [0.3, 0.4) is 0 Å². The van der Waals surface area contributed by atoms with Crippen LogP contribution in [0.1, 0.15) is 37.5 Å². The SMILES string of the molecule is C[C@@H](Oc1cc(-c2cnn(C3CCNCC3)n2)cnc1N)c1c(Cl)ccc(F)c1Cl. The Balaban J connectivity index is 1.58. The van der Waals surface area contributed by atoms with Crippen molar-refractivity contribution in [3.8, 4) is 17.0 Å². The summed E-state index contributed by atoms with van der Waals surface area (Å²) in [5.41, 5.74) is 7.72. The third-order valence-electron chi connectivity index (χ3n) is 5.11. The Morgan fingerprint density at radius 2 is 2.03 bits per heavy atom. The van der Waals surface area contributed by atoms with Crippen molar-refractivity contribution in [2.75, 3.05) is 18.8 Å². The lowest BCUT2D eigenvalue weighted by molar-refractivity contribution is 0.227. The second-order valence-electron chi connectivity index (χ2n) is 7.16. The number of nitrogen functional groups attached to an aromatic ring is 1. The van der Waals surface area contributed by atoms with E-state index in [0.29, 0.717) is 27.6 Å². The molecule has 3 N–H and O–H groups in total. The zero-order valence-corrected chi connectivity index (χ0v) is 17.8. The molecule has 2 aromatic heterocycles. The lowest BCUT2D eigenvalue weighted by Gasteiger charge is -2.21.